The smallest absolute Gasteiger partial charge is 0.410 e. The summed E-state index contributed by atoms with van der Waals surface area (Å²) in [5.41, 5.74) is -0.342. The average Bonchev–Trinajstić information content (AvgIpc) is 2.41. The van der Waals surface area contributed by atoms with Gasteiger partial charge in [0.1, 0.15) is 5.60 Å². The molecule has 1 fully saturated rings. The maximum Gasteiger partial charge on any atom is 0.410 e. The van der Waals surface area contributed by atoms with Gasteiger partial charge in [0, 0.05) is 32.8 Å². The van der Waals surface area contributed by atoms with E-state index in [9.17, 15) is 4.79 Å². The van der Waals surface area contributed by atoms with Crippen LogP contribution in [0, 0.1) is 5.41 Å². The van der Waals surface area contributed by atoms with Crippen LogP contribution in [0.5, 0.6) is 0 Å². The van der Waals surface area contributed by atoms with Crippen LogP contribution in [0.2, 0.25) is 0 Å². The topological polar surface area (TPSA) is 50.8 Å². The van der Waals surface area contributed by atoms with Crippen molar-refractivity contribution in [3.8, 4) is 0 Å². The first kappa shape index (κ1) is 19.2. The molecule has 2 unspecified atom stereocenters. The van der Waals surface area contributed by atoms with Crippen molar-refractivity contribution in [2.24, 2.45) is 5.41 Å². The molecule has 1 aliphatic heterocycles. The zero-order chi connectivity index (χ0) is 16.8. The third-order valence-electron chi connectivity index (χ3n) is 4.11. The van der Waals surface area contributed by atoms with Crippen molar-refractivity contribution < 1.29 is 14.3 Å². The Morgan fingerprint density at radius 2 is 2.09 bits per heavy atom. The fraction of sp³-hybridized carbons (Fsp3) is 0.941. The highest BCUT2D eigenvalue weighted by molar-refractivity contribution is 5.68. The molecular weight excluding hydrogens is 280 g/mol. The molecule has 2 atom stereocenters. The SMILES string of the molecule is CCC(COC)NCC1(C)CCCN(C(=O)OC(C)(C)C)C1. The van der Waals surface area contributed by atoms with Crippen molar-refractivity contribution in [1.29, 1.82) is 0 Å². The number of hydrogen-bond acceptors (Lipinski definition) is 4. The number of nitrogens with one attached hydrogen (secondary N) is 1. The van der Waals surface area contributed by atoms with Gasteiger partial charge in [-0.15, -0.1) is 0 Å². The highest BCUT2D eigenvalue weighted by Crippen LogP contribution is 2.29. The lowest BCUT2D eigenvalue weighted by molar-refractivity contribution is 0.00604. The molecule has 1 rings (SSSR count). The number of carbonyl (C=O) groups excluding carboxylic acids is 1. The summed E-state index contributed by atoms with van der Waals surface area (Å²) in [6, 6.07) is 0.374. The molecule has 0 aromatic rings. The van der Waals surface area contributed by atoms with E-state index in [1.807, 2.05) is 25.7 Å². The van der Waals surface area contributed by atoms with Crippen LogP contribution in [0.25, 0.3) is 0 Å². The van der Waals surface area contributed by atoms with E-state index in [-0.39, 0.29) is 11.5 Å². The predicted molar refractivity (Wildman–Crippen MR) is 89.1 cm³/mol. The minimum Gasteiger partial charge on any atom is -0.444 e. The number of hydrogen-bond donors (Lipinski definition) is 1. The largest absolute Gasteiger partial charge is 0.444 e. The van der Waals surface area contributed by atoms with Crippen LogP contribution in [0.15, 0.2) is 0 Å². The lowest BCUT2D eigenvalue weighted by Crippen LogP contribution is -2.51. The molecule has 0 saturated carbocycles. The number of likely N-dealkylation sites (tertiary alicyclic amines) is 1. The first-order chi connectivity index (χ1) is 10.2. The van der Waals surface area contributed by atoms with Crippen LogP contribution in [-0.2, 0) is 9.47 Å². The molecule has 1 aliphatic rings. The van der Waals surface area contributed by atoms with Gasteiger partial charge in [0.25, 0.3) is 0 Å². The molecule has 0 aromatic heterocycles. The Morgan fingerprint density at radius 1 is 1.41 bits per heavy atom. The van der Waals surface area contributed by atoms with Gasteiger partial charge in [-0.3, -0.25) is 0 Å². The second-order valence-electron chi connectivity index (χ2n) is 7.76. The van der Waals surface area contributed by atoms with Crippen LogP contribution in [0.1, 0.15) is 53.9 Å². The molecule has 22 heavy (non-hydrogen) atoms. The maximum absolute atomic E-state index is 12.3. The first-order valence-electron chi connectivity index (χ1n) is 8.39. The van der Waals surface area contributed by atoms with E-state index in [1.54, 1.807) is 7.11 Å². The maximum atomic E-state index is 12.3. The fourth-order valence-corrected chi connectivity index (χ4v) is 2.86. The van der Waals surface area contributed by atoms with Crippen molar-refractivity contribution in [3.05, 3.63) is 0 Å². The number of ether oxygens (including phenoxy) is 2. The van der Waals surface area contributed by atoms with Gasteiger partial charge in [0.05, 0.1) is 6.61 Å². The molecule has 1 amide bonds. The zero-order valence-corrected chi connectivity index (χ0v) is 15.2. The normalized spacial score (nSPS) is 24.2. The van der Waals surface area contributed by atoms with E-state index < -0.39 is 5.60 Å². The molecule has 130 valence electrons. The van der Waals surface area contributed by atoms with Crippen molar-refractivity contribution in [2.75, 3.05) is 33.4 Å². The van der Waals surface area contributed by atoms with Crippen molar-refractivity contribution in [3.63, 3.8) is 0 Å². The van der Waals surface area contributed by atoms with Gasteiger partial charge in [-0.1, -0.05) is 13.8 Å². The Kier molecular flexibility index (Phi) is 7.13. The van der Waals surface area contributed by atoms with Gasteiger partial charge in [-0.05, 0) is 45.4 Å². The van der Waals surface area contributed by atoms with Gasteiger partial charge in [-0.25, -0.2) is 4.79 Å². The van der Waals surface area contributed by atoms with Gasteiger partial charge >= 0.3 is 6.09 Å². The molecule has 0 radical (unpaired) electrons. The molecule has 0 bridgehead atoms. The molecule has 1 saturated heterocycles. The van der Waals surface area contributed by atoms with Crippen molar-refractivity contribution in [1.82, 2.24) is 10.2 Å². The number of carbonyl (C=O) groups is 1. The fourth-order valence-electron chi connectivity index (χ4n) is 2.86. The van der Waals surface area contributed by atoms with Crippen LogP contribution in [0.3, 0.4) is 0 Å². The lowest BCUT2D eigenvalue weighted by Gasteiger charge is -2.41. The van der Waals surface area contributed by atoms with Gasteiger partial charge in [0.2, 0.25) is 0 Å². The minimum atomic E-state index is -0.436. The number of methoxy groups -OCH3 is 1. The first-order valence-corrected chi connectivity index (χ1v) is 8.39. The average molecular weight is 314 g/mol. The summed E-state index contributed by atoms with van der Waals surface area (Å²) in [6.45, 7) is 13.3. The van der Waals surface area contributed by atoms with E-state index in [0.717, 1.165) is 45.5 Å². The minimum absolute atomic E-state index is 0.0936. The van der Waals surface area contributed by atoms with E-state index in [4.69, 9.17) is 9.47 Å². The summed E-state index contributed by atoms with van der Waals surface area (Å²) in [4.78, 5) is 14.1. The third-order valence-corrected chi connectivity index (χ3v) is 4.11. The Labute approximate surface area is 135 Å². The molecular formula is C17H34N2O3. The molecule has 5 heteroatoms. The van der Waals surface area contributed by atoms with Crippen LogP contribution >= 0.6 is 0 Å². The predicted octanol–water partition coefficient (Wildman–Crippen LogP) is 3.04. The number of amides is 1. The molecule has 0 aromatic carbocycles. The van der Waals surface area contributed by atoms with Crippen molar-refractivity contribution >= 4 is 6.09 Å². The van der Waals surface area contributed by atoms with Gasteiger partial charge in [-0.2, -0.15) is 0 Å². The molecule has 5 nitrogen and oxygen atoms in total. The number of nitrogens with zero attached hydrogens (tertiary/aromatic N) is 1. The molecule has 0 spiro atoms. The highest BCUT2D eigenvalue weighted by atomic mass is 16.6. The van der Waals surface area contributed by atoms with Crippen LogP contribution < -0.4 is 5.32 Å². The van der Waals surface area contributed by atoms with Gasteiger partial charge in [0.15, 0.2) is 0 Å². The standard InChI is InChI=1S/C17H34N2O3/c1-7-14(11-21-6)18-12-17(5)9-8-10-19(13-17)15(20)22-16(2,3)4/h14,18H,7-13H2,1-6H3. The Morgan fingerprint density at radius 3 is 2.64 bits per heavy atom. The summed E-state index contributed by atoms with van der Waals surface area (Å²) in [7, 11) is 1.73. The Hall–Kier alpha value is -0.810. The summed E-state index contributed by atoms with van der Waals surface area (Å²) in [5.74, 6) is 0. The number of piperidine rings is 1. The van der Waals surface area contributed by atoms with Crippen molar-refractivity contribution in [2.45, 2.75) is 65.5 Å². The lowest BCUT2D eigenvalue weighted by atomic mass is 9.81. The molecule has 1 heterocycles. The second-order valence-corrected chi connectivity index (χ2v) is 7.76. The zero-order valence-electron chi connectivity index (χ0n) is 15.2. The molecule has 1 N–H and O–H groups in total. The summed E-state index contributed by atoms with van der Waals surface area (Å²) in [6.07, 6.45) is 3.00. The van der Waals surface area contributed by atoms with Crippen LogP contribution in [-0.4, -0.2) is 56.0 Å². The Bertz CT molecular complexity index is 354. The summed E-state index contributed by atoms with van der Waals surface area (Å²) in [5, 5.41) is 3.58. The quantitative estimate of drug-likeness (QED) is 0.819. The van der Waals surface area contributed by atoms with Gasteiger partial charge < -0.3 is 19.7 Å². The van der Waals surface area contributed by atoms with E-state index in [0.29, 0.717) is 6.04 Å². The van der Waals surface area contributed by atoms with E-state index in [2.05, 4.69) is 19.2 Å². The Balaban J connectivity index is 2.54. The third kappa shape index (κ3) is 6.53. The van der Waals surface area contributed by atoms with E-state index in [1.165, 1.54) is 0 Å². The monoisotopic (exact) mass is 314 g/mol. The summed E-state index contributed by atoms with van der Waals surface area (Å²) < 4.78 is 10.7. The van der Waals surface area contributed by atoms with E-state index >= 15 is 0 Å². The summed E-state index contributed by atoms with van der Waals surface area (Å²) >= 11 is 0. The second kappa shape index (κ2) is 8.16. The molecule has 0 aliphatic carbocycles. The highest BCUT2D eigenvalue weighted by Gasteiger charge is 2.35. The van der Waals surface area contributed by atoms with Crippen LogP contribution in [0.4, 0.5) is 4.79 Å². The number of rotatable bonds is 6.